The molecular weight excluding hydrogens is 630 g/mol. The summed E-state index contributed by atoms with van der Waals surface area (Å²) in [5.74, 6) is -1.43. The summed E-state index contributed by atoms with van der Waals surface area (Å²) in [5, 5.41) is 50.2. The van der Waals surface area contributed by atoms with Gasteiger partial charge < -0.3 is 54.7 Å². The Kier molecular flexibility index (Phi) is 13.8. The Morgan fingerprint density at radius 1 is 0.896 bits per heavy atom. The Bertz CT molecular complexity index is 1410. The van der Waals surface area contributed by atoms with E-state index in [2.05, 4.69) is 20.7 Å². The van der Waals surface area contributed by atoms with Crippen LogP contribution in [-0.4, -0.2) is 109 Å². The van der Waals surface area contributed by atoms with E-state index in [1.807, 2.05) is 12.1 Å². The monoisotopic (exact) mass is 673 g/mol. The number of carbonyl (C=O) groups excluding carboxylic acids is 2. The van der Waals surface area contributed by atoms with E-state index in [1.54, 1.807) is 43.5 Å². The number of hydrogen-bond acceptors (Lipinski definition) is 12. The normalized spacial score (nSPS) is 28.5. The predicted octanol–water partition coefficient (Wildman–Crippen LogP) is 0.543. The summed E-state index contributed by atoms with van der Waals surface area (Å²) in [6.45, 7) is -0.398. The molecule has 4 rings (SSSR count). The van der Waals surface area contributed by atoms with Gasteiger partial charge in [-0.05, 0) is 53.8 Å². The van der Waals surface area contributed by atoms with Crippen molar-refractivity contribution in [3.8, 4) is 11.5 Å². The fourth-order valence-corrected chi connectivity index (χ4v) is 5.88. The first-order valence-corrected chi connectivity index (χ1v) is 15.6. The van der Waals surface area contributed by atoms with Gasteiger partial charge in [-0.25, -0.2) is 0 Å². The summed E-state index contributed by atoms with van der Waals surface area (Å²) < 4.78 is 28.2. The van der Waals surface area contributed by atoms with Gasteiger partial charge in [-0.1, -0.05) is 29.4 Å². The standard InChI is InChI=1S/C32H43N5O11/c1-44-20-7-3-5-18(11-20)15-34-30(42)22-13-24(46-10-9-36-37-33)25(47-32-29(41)28(40)27(39)26(17-38)48-32)14-23(22)31(43)35-16-19-6-4-8-21(12-19)45-2/h3-8,11-12,22-29,32,38-41H,9-10,13-17H2,1-2H3,(H,34,42)(H,35,43)/t22-,23-,24-,25-,26+,27+,28-,29-,32-/m0/s1. The zero-order chi connectivity index (χ0) is 34.6. The first-order chi connectivity index (χ1) is 23.2. The molecule has 0 aromatic heterocycles. The van der Waals surface area contributed by atoms with Crippen LogP contribution in [0.25, 0.3) is 10.4 Å². The third-order valence-corrected chi connectivity index (χ3v) is 8.49. The van der Waals surface area contributed by atoms with E-state index >= 15 is 0 Å². The zero-order valence-corrected chi connectivity index (χ0v) is 26.8. The molecular formula is C32H43N5O11. The van der Waals surface area contributed by atoms with Crippen LogP contribution in [0.3, 0.4) is 0 Å². The van der Waals surface area contributed by atoms with Crippen LogP contribution >= 0.6 is 0 Å². The number of azide groups is 1. The molecule has 48 heavy (non-hydrogen) atoms. The number of aliphatic hydroxyl groups is 4. The maximum absolute atomic E-state index is 13.8. The van der Waals surface area contributed by atoms with Crippen LogP contribution in [0.2, 0.25) is 0 Å². The minimum Gasteiger partial charge on any atom is -0.497 e. The Morgan fingerprint density at radius 2 is 1.46 bits per heavy atom. The van der Waals surface area contributed by atoms with Crippen LogP contribution in [0, 0.1) is 11.8 Å². The van der Waals surface area contributed by atoms with E-state index in [9.17, 15) is 30.0 Å². The smallest absolute Gasteiger partial charge is 0.224 e. The van der Waals surface area contributed by atoms with Crippen molar-refractivity contribution < 1.29 is 53.7 Å². The van der Waals surface area contributed by atoms with Crippen molar-refractivity contribution in [2.75, 3.05) is 34.0 Å². The number of amides is 2. The van der Waals surface area contributed by atoms with Crippen molar-refractivity contribution in [2.24, 2.45) is 17.0 Å². The lowest BCUT2D eigenvalue weighted by molar-refractivity contribution is -0.321. The SMILES string of the molecule is COc1cccc(CNC(=O)[C@H]2C[C@H](OCCN=[N+]=[N-])[C@@H](O[C@H]3O[C@H](CO)[C@@H](O)[C@H](O)[C@@H]3O)C[C@@H]2C(=O)NCc2cccc(OC)c2)c1. The highest BCUT2D eigenvalue weighted by molar-refractivity contribution is 5.88. The molecule has 9 atom stereocenters. The lowest BCUT2D eigenvalue weighted by atomic mass is 9.75. The number of rotatable bonds is 15. The van der Waals surface area contributed by atoms with Crippen LogP contribution in [0.1, 0.15) is 24.0 Å². The van der Waals surface area contributed by atoms with Gasteiger partial charge in [0.25, 0.3) is 0 Å². The summed E-state index contributed by atoms with van der Waals surface area (Å²) in [6, 6.07) is 14.3. The van der Waals surface area contributed by atoms with Crippen molar-refractivity contribution in [2.45, 2.75) is 68.8 Å². The highest BCUT2D eigenvalue weighted by atomic mass is 16.7. The molecule has 2 aromatic carbocycles. The molecule has 2 aromatic rings. The molecule has 0 unspecified atom stereocenters. The van der Waals surface area contributed by atoms with Crippen LogP contribution in [-0.2, 0) is 36.9 Å². The maximum Gasteiger partial charge on any atom is 0.224 e. The molecule has 2 fully saturated rings. The second-order valence-electron chi connectivity index (χ2n) is 11.6. The molecule has 2 amide bonds. The van der Waals surface area contributed by atoms with Gasteiger partial charge in [0.1, 0.15) is 35.9 Å². The van der Waals surface area contributed by atoms with Crippen molar-refractivity contribution in [3.63, 3.8) is 0 Å². The molecule has 1 aliphatic carbocycles. The molecule has 1 saturated carbocycles. The minimum atomic E-state index is -1.70. The van der Waals surface area contributed by atoms with Gasteiger partial charge >= 0.3 is 0 Å². The largest absolute Gasteiger partial charge is 0.497 e. The Labute approximate surface area is 277 Å². The number of ether oxygens (including phenoxy) is 5. The highest BCUT2D eigenvalue weighted by Crippen LogP contribution is 2.37. The zero-order valence-electron chi connectivity index (χ0n) is 26.8. The van der Waals surface area contributed by atoms with Crippen molar-refractivity contribution in [1.29, 1.82) is 0 Å². The molecule has 2 aliphatic rings. The number of nitrogens with one attached hydrogen (secondary N) is 2. The number of aliphatic hydroxyl groups excluding tert-OH is 4. The van der Waals surface area contributed by atoms with Crippen LogP contribution in [0.15, 0.2) is 53.6 Å². The summed E-state index contributed by atoms with van der Waals surface area (Å²) >= 11 is 0. The van der Waals surface area contributed by atoms with Crippen molar-refractivity contribution in [1.82, 2.24) is 10.6 Å². The van der Waals surface area contributed by atoms with Gasteiger partial charge in [-0.2, -0.15) is 0 Å². The molecule has 262 valence electrons. The van der Waals surface area contributed by atoms with E-state index in [-0.39, 0.29) is 39.1 Å². The van der Waals surface area contributed by atoms with Crippen LogP contribution in [0.5, 0.6) is 11.5 Å². The number of nitrogens with zero attached hydrogens (tertiary/aromatic N) is 3. The molecule has 1 saturated heterocycles. The van der Waals surface area contributed by atoms with Gasteiger partial charge in [0.15, 0.2) is 6.29 Å². The molecule has 6 N–H and O–H groups in total. The van der Waals surface area contributed by atoms with Gasteiger partial charge in [0.05, 0.1) is 51.5 Å². The van der Waals surface area contributed by atoms with Crippen molar-refractivity contribution >= 4 is 11.8 Å². The second kappa shape index (κ2) is 18.0. The molecule has 16 nitrogen and oxygen atoms in total. The minimum absolute atomic E-state index is 0.000449. The van der Waals surface area contributed by atoms with Gasteiger partial charge in [-0.15, -0.1) is 0 Å². The van der Waals surface area contributed by atoms with Crippen LogP contribution < -0.4 is 20.1 Å². The molecule has 0 bridgehead atoms. The fraction of sp³-hybridized carbons (Fsp3) is 0.562. The van der Waals surface area contributed by atoms with E-state index in [4.69, 9.17) is 29.2 Å². The molecule has 0 spiro atoms. The van der Waals surface area contributed by atoms with Gasteiger partial charge in [-0.3, -0.25) is 9.59 Å². The first-order valence-electron chi connectivity index (χ1n) is 15.6. The number of methoxy groups -OCH3 is 2. The average Bonchev–Trinajstić information content (AvgIpc) is 3.11. The summed E-state index contributed by atoms with van der Waals surface area (Å²) in [4.78, 5) is 30.3. The van der Waals surface area contributed by atoms with E-state index < -0.39 is 73.2 Å². The molecule has 1 aliphatic heterocycles. The topological polar surface area (TPSA) is 234 Å². The van der Waals surface area contributed by atoms with Gasteiger partial charge in [0, 0.05) is 24.5 Å². The predicted molar refractivity (Wildman–Crippen MR) is 168 cm³/mol. The number of benzene rings is 2. The number of carbonyl (C=O) groups is 2. The third-order valence-electron chi connectivity index (χ3n) is 8.49. The summed E-state index contributed by atoms with van der Waals surface area (Å²) in [7, 11) is 3.08. The lowest BCUT2D eigenvalue weighted by Gasteiger charge is -2.44. The molecule has 1 heterocycles. The summed E-state index contributed by atoms with van der Waals surface area (Å²) in [6.07, 6.45) is -9.59. The number of hydrogen-bond donors (Lipinski definition) is 6. The second-order valence-corrected chi connectivity index (χ2v) is 11.6. The van der Waals surface area contributed by atoms with E-state index in [0.29, 0.717) is 11.5 Å². The summed E-state index contributed by atoms with van der Waals surface area (Å²) in [5.41, 5.74) is 10.3. The van der Waals surface area contributed by atoms with E-state index in [1.165, 1.54) is 7.11 Å². The fourth-order valence-electron chi connectivity index (χ4n) is 5.88. The van der Waals surface area contributed by atoms with E-state index in [0.717, 1.165) is 11.1 Å². The third kappa shape index (κ3) is 9.55. The maximum atomic E-state index is 13.8. The Hall–Kier alpha value is -3.99. The quantitative estimate of drug-likeness (QED) is 0.0661. The van der Waals surface area contributed by atoms with Crippen LogP contribution in [0.4, 0.5) is 0 Å². The highest BCUT2D eigenvalue weighted by Gasteiger charge is 2.49. The Morgan fingerprint density at radius 3 is 1.98 bits per heavy atom. The molecule has 16 heteroatoms. The lowest BCUT2D eigenvalue weighted by Crippen LogP contribution is -2.61. The average molecular weight is 674 g/mol. The molecule has 0 radical (unpaired) electrons. The first kappa shape index (κ1) is 36.8. The Balaban J connectivity index is 1.58. The van der Waals surface area contributed by atoms with Crippen molar-refractivity contribution in [3.05, 3.63) is 70.1 Å². The van der Waals surface area contributed by atoms with Gasteiger partial charge in [0.2, 0.25) is 11.8 Å².